The van der Waals surface area contributed by atoms with Crippen molar-refractivity contribution >= 4 is 11.6 Å². The fourth-order valence-corrected chi connectivity index (χ4v) is 4.30. The minimum Gasteiger partial charge on any atom is -0.366 e. The molecule has 0 saturated heterocycles. The zero-order valence-electron chi connectivity index (χ0n) is 15.0. The van der Waals surface area contributed by atoms with Crippen LogP contribution in [0.15, 0.2) is 48.8 Å². The Morgan fingerprint density at radius 1 is 1.08 bits per heavy atom. The number of fused-ring (bicyclic) bond motifs is 1. The van der Waals surface area contributed by atoms with Crippen LogP contribution in [0.1, 0.15) is 66.1 Å². The van der Waals surface area contributed by atoms with Gasteiger partial charge in [-0.3, -0.25) is 4.79 Å². The zero-order chi connectivity index (χ0) is 18.1. The maximum atomic E-state index is 11.2. The summed E-state index contributed by atoms with van der Waals surface area (Å²) in [5.74, 6) is 1.33. The van der Waals surface area contributed by atoms with E-state index in [4.69, 9.17) is 5.73 Å². The second-order valence-corrected chi connectivity index (χ2v) is 7.36. The van der Waals surface area contributed by atoms with E-state index < -0.39 is 0 Å². The van der Waals surface area contributed by atoms with Crippen LogP contribution in [0.4, 0.5) is 0 Å². The van der Waals surface area contributed by atoms with Gasteiger partial charge in [0, 0.05) is 29.4 Å². The molecule has 0 aliphatic heterocycles. The molecular weight excluding hydrogens is 324 g/mol. The molecule has 1 aliphatic rings. The fourth-order valence-electron chi connectivity index (χ4n) is 4.30. The molecule has 5 nitrogen and oxygen atoms in total. The Morgan fingerprint density at radius 3 is 2.50 bits per heavy atom. The van der Waals surface area contributed by atoms with Crippen LogP contribution in [0, 0.1) is 5.92 Å². The Morgan fingerprint density at radius 2 is 1.81 bits per heavy atom. The molecule has 5 heteroatoms. The van der Waals surface area contributed by atoms with Crippen molar-refractivity contribution < 1.29 is 4.79 Å². The van der Waals surface area contributed by atoms with E-state index in [0.717, 1.165) is 5.65 Å². The molecule has 1 fully saturated rings. The van der Waals surface area contributed by atoms with Gasteiger partial charge in [-0.2, -0.15) is 5.10 Å². The Hall–Kier alpha value is -2.69. The van der Waals surface area contributed by atoms with Crippen LogP contribution in [0.3, 0.4) is 0 Å². The molecule has 1 saturated carbocycles. The van der Waals surface area contributed by atoms with E-state index in [-0.39, 0.29) is 5.91 Å². The number of carbonyl (C=O) groups is 1. The number of primary amides is 1. The van der Waals surface area contributed by atoms with Crippen LogP contribution in [-0.4, -0.2) is 20.5 Å². The second-order valence-electron chi connectivity index (χ2n) is 7.36. The van der Waals surface area contributed by atoms with E-state index in [1.54, 1.807) is 0 Å². The number of carbonyl (C=O) groups excluding carboxylic acids is 1. The lowest BCUT2D eigenvalue weighted by Gasteiger charge is -2.32. The van der Waals surface area contributed by atoms with Crippen molar-refractivity contribution in [1.82, 2.24) is 14.6 Å². The summed E-state index contributed by atoms with van der Waals surface area (Å²) in [6, 6.07) is 11.8. The lowest BCUT2D eigenvalue weighted by Crippen LogP contribution is -2.20. The van der Waals surface area contributed by atoms with Gasteiger partial charge in [-0.25, -0.2) is 9.50 Å². The highest BCUT2D eigenvalue weighted by Crippen LogP contribution is 2.41. The normalized spacial score (nSPS) is 21.6. The van der Waals surface area contributed by atoms with Gasteiger partial charge in [0.25, 0.3) is 0 Å². The summed E-state index contributed by atoms with van der Waals surface area (Å²) in [4.78, 5) is 15.6. The number of hydrogen-bond donors (Lipinski definition) is 1. The number of nitrogens with zero attached hydrogens (tertiary/aromatic N) is 3. The molecule has 1 aromatic carbocycles. The van der Waals surface area contributed by atoms with Crippen molar-refractivity contribution in [2.45, 2.75) is 44.4 Å². The molecule has 1 unspecified atom stereocenters. The van der Waals surface area contributed by atoms with Crippen molar-refractivity contribution in [3.63, 3.8) is 0 Å². The summed E-state index contributed by atoms with van der Waals surface area (Å²) < 4.78 is 1.98. The van der Waals surface area contributed by atoms with E-state index in [9.17, 15) is 4.79 Å². The molecule has 134 valence electrons. The van der Waals surface area contributed by atoms with Gasteiger partial charge < -0.3 is 5.73 Å². The Labute approximate surface area is 153 Å². The standard InChI is InChI=1S/C21H24N4O/c1-14(16-4-8-18(9-5-16)21(22)26)15-2-6-17(7-3-15)19-10-12-23-20-11-13-24-25(19)20/h4-5,8-15,17H,2-3,6-7H2,1H3,(H2,22,26). The van der Waals surface area contributed by atoms with Crippen molar-refractivity contribution in [3.05, 3.63) is 65.6 Å². The minimum atomic E-state index is -0.369. The molecule has 1 aliphatic carbocycles. The maximum absolute atomic E-state index is 11.2. The molecule has 0 radical (unpaired) electrons. The number of amides is 1. The van der Waals surface area contributed by atoms with E-state index in [1.807, 2.05) is 47.2 Å². The first kappa shape index (κ1) is 16.8. The summed E-state index contributed by atoms with van der Waals surface area (Å²) in [5, 5.41) is 4.43. The Bertz CT molecular complexity index is 907. The molecule has 4 rings (SSSR count). The van der Waals surface area contributed by atoms with Gasteiger partial charge in [0.15, 0.2) is 5.65 Å². The highest BCUT2D eigenvalue weighted by molar-refractivity contribution is 5.92. The lowest BCUT2D eigenvalue weighted by atomic mass is 9.73. The van der Waals surface area contributed by atoms with Gasteiger partial charge in [-0.1, -0.05) is 19.1 Å². The second kappa shape index (κ2) is 6.90. The van der Waals surface area contributed by atoms with Crippen molar-refractivity contribution in [1.29, 1.82) is 0 Å². The van der Waals surface area contributed by atoms with E-state index >= 15 is 0 Å². The average molecular weight is 348 g/mol. The Balaban J connectivity index is 1.44. The van der Waals surface area contributed by atoms with Crippen LogP contribution >= 0.6 is 0 Å². The van der Waals surface area contributed by atoms with Gasteiger partial charge in [0.05, 0.1) is 6.20 Å². The van der Waals surface area contributed by atoms with Gasteiger partial charge in [0.2, 0.25) is 5.91 Å². The number of nitrogens with two attached hydrogens (primary N) is 1. The van der Waals surface area contributed by atoms with Crippen LogP contribution in [0.2, 0.25) is 0 Å². The molecule has 3 aromatic rings. The molecule has 0 spiro atoms. The van der Waals surface area contributed by atoms with Crippen LogP contribution in [0.5, 0.6) is 0 Å². The summed E-state index contributed by atoms with van der Waals surface area (Å²) >= 11 is 0. The third-order valence-corrected chi connectivity index (χ3v) is 5.94. The first-order valence-corrected chi connectivity index (χ1v) is 9.32. The number of aromatic nitrogens is 3. The topological polar surface area (TPSA) is 73.3 Å². The molecule has 0 bridgehead atoms. The van der Waals surface area contributed by atoms with E-state index in [0.29, 0.717) is 23.3 Å². The molecular formula is C21H24N4O. The minimum absolute atomic E-state index is 0.369. The van der Waals surface area contributed by atoms with Crippen LogP contribution in [-0.2, 0) is 0 Å². The smallest absolute Gasteiger partial charge is 0.248 e. The molecule has 2 heterocycles. The largest absolute Gasteiger partial charge is 0.366 e. The summed E-state index contributed by atoms with van der Waals surface area (Å²) in [5.41, 5.74) is 9.40. The van der Waals surface area contributed by atoms with Gasteiger partial charge in [-0.15, -0.1) is 0 Å². The maximum Gasteiger partial charge on any atom is 0.248 e. The van der Waals surface area contributed by atoms with Crippen molar-refractivity contribution in [2.24, 2.45) is 11.7 Å². The predicted octanol–water partition coefficient (Wildman–Crippen LogP) is 3.91. The van der Waals surface area contributed by atoms with Crippen LogP contribution < -0.4 is 5.73 Å². The van der Waals surface area contributed by atoms with E-state index in [1.165, 1.54) is 36.9 Å². The first-order chi connectivity index (χ1) is 12.6. The van der Waals surface area contributed by atoms with Crippen molar-refractivity contribution in [3.8, 4) is 0 Å². The highest BCUT2D eigenvalue weighted by atomic mass is 16.1. The fraction of sp³-hybridized carbons (Fsp3) is 0.381. The summed E-state index contributed by atoms with van der Waals surface area (Å²) in [7, 11) is 0. The van der Waals surface area contributed by atoms with Crippen LogP contribution in [0.25, 0.3) is 5.65 Å². The highest BCUT2D eigenvalue weighted by Gasteiger charge is 2.28. The number of rotatable bonds is 4. The SMILES string of the molecule is CC(c1ccc(C(N)=O)cc1)C1CCC(c2ccnc3ccnn23)CC1. The van der Waals surface area contributed by atoms with Crippen molar-refractivity contribution in [2.75, 3.05) is 0 Å². The number of hydrogen-bond acceptors (Lipinski definition) is 3. The number of benzene rings is 1. The molecule has 1 amide bonds. The molecule has 2 aromatic heterocycles. The zero-order valence-corrected chi connectivity index (χ0v) is 15.0. The Kier molecular flexibility index (Phi) is 4.45. The van der Waals surface area contributed by atoms with E-state index in [2.05, 4.69) is 23.1 Å². The quantitative estimate of drug-likeness (QED) is 0.777. The summed E-state index contributed by atoms with van der Waals surface area (Å²) in [6.45, 7) is 2.29. The predicted molar refractivity (Wildman–Crippen MR) is 101 cm³/mol. The molecule has 2 N–H and O–H groups in total. The van der Waals surface area contributed by atoms with Gasteiger partial charge >= 0.3 is 0 Å². The third-order valence-electron chi connectivity index (χ3n) is 5.94. The monoisotopic (exact) mass is 348 g/mol. The average Bonchev–Trinajstić information content (AvgIpc) is 3.16. The molecule has 1 atom stereocenters. The molecule has 26 heavy (non-hydrogen) atoms. The van der Waals surface area contributed by atoms with Gasteiger partial charge in [-0.05, 0) is 61.3 Å². The lowest BCUT2D eigenvalue weighted by molar-refractivity contribution is 0.100. The van der Waals surface area contributed by atoms with Gasteiger partial charge in [0.1, 0.15) is 0 Å². The first-order valence-electron chi connectivity index (χ1n) is 9.32. The summed E-state index contributed by atoms with van der Waals surface area (Å²) in [6.07, 6.45) is 8.46. The third kappa shape index (κ3) is 3.09.